The molecule has 1 saturated carbocycles. The number of rotatable bonds is 5. The molecule has 1 aliphatic carbocycles. The van der Waals surface area contributed by atoms with Crippen molar-refractivity contribution in [3.05, 3.63) is 22.4 Å². The molecule has 0 spiro atoms. The first-order valence-electron chi connectivity index (χ1n) is 7.53. The van der Waals surface area contributed by atoms with Crippen molar-refractivity contribution < 1.29 is 14.3 Å². The molecular formula is C16H23NO3S. The second-order valence-corrected chi connectivity index (χ2v) is 6.89. The summed E-state index contributed by atoms with van der Waals surface area (Å²) in [5.41, 5.74) is 0. The van der Waals surface area contributed by atoms with Gasteiger partial charge >= 0.3 is 5.97 Å². The molecule has 1 aliphatic rings. The van der Waals surface area contributed by atoms with E-state index in [-0.39, 0.29) is 30.9 Å². The van der Waals surface area contributed by atoms with Gasteiger partial charge in [-0.2, -0.15) is 0 Å². The second-order valence-electron chi connectivity index (χ2n) is 5.86. The van der Waals surface area contributed by atoms with Gasteiger partial charge in [-0.05, 0) is 29.7 Å². The zero-order valence-electron chi connectivity index (χ0n) is 12.6. The molecule has 116 valence electrons. The van der Waals surface area contributed by atoms with E-state index >= 15 is 0 Å². The van der Waals surface area contributed by atoms with Gasteiger partial charge in [-0.15, -0.1) is 11.3 Å². The van der Waals surface area contributed by atoms with Crippen molar-refractivity contribution >= 4 is 23.2 Å². The lowest BCUT2D eigenvalue weighted by molar-refractivity contribution is -0.148. The molecule has 1 aromatic heterocycles. The van der Waals surface area contributed by atoms with E-state index in [1.807, 2.05) is 17.5 Å². The van der Waals surface area contributed by atoms with Gasteiger partial charge in [0.15, 0.2) is 6.61 Å². The Morgan fingerprint density at radius 1 is 1.38 bits per heavy atom. The van der Waals surface area contributed by atoms with Gasteiger partial charge in [0, 0.05) is 10.9 Å². The highest BCUT2D eigenvalue weighted by molar-refractivity contribution is 7.10. The SMILES string of the molecule is CC1CCCC(NC(=O)COC(=O)Cc2cccs2)C1C. The number of hydrogen-bond acceptors (Lipinski definition) is 4. The standard InChI is InChI=1S/C16H23NO3S/c1-11-5-3-7-14(12(11)2)17-15(18)10-20-16(19)9-13-6-4-8-21-13/h4,6,8,11-12,14H,3,5,7,9-10H2,1-2H3,(H,17,18). The molecule has 3 unspecified atom stereocenters. The summed E-state index contributed by atoms with van der Waals surface area (Å²) < 4.78 is 5.04. The van der Waals surface area contributed by atoms with Gasteiger partial charge in [0.1, 0.15) is 0 Å². The normalized spacial score (nSPS) is 25.3. The van der Waals surface area contributed by atoms with Crippen molar-refractivity contribution in [2.24, 2.45) is 11.8 Å². The van der Waals surface area contributed by atoms with Gasteiger partial charge in [0.05, 0.1) is 6.42 Å². The summed E-state index contributed by atoms with van der Waals surface area (Å²) in [6.07, 6.45) is 3.63. The lowest BCUT2D eigenvalue weighted by Gasteiger charge is -2.34. The Morgan fingerprint density at radius 2 is 2.19 bits per heavy atom. The highest BCUT2D eigenvalue weighted by Crippen LogP contribution is 2.29. The van der Waals surface area contributed by atoms with Gasteiger partial charge in [0.25, 0.3) is 5.91 Å². The van der Waals surface area contributed by atoms with Crippen LogP contribution in [-0.4, -0.2) is 24.5 Å². The maximum atomic E-state index is 11.9. The largest absolute Gasteiger partial charge is 0.455 e. The molecule has 1 aromatic rings. The Bertz CT molecular complexity index is 472. The van der Waals surface area contributed by atoms with Crippen molar-refractivity contribution in [1.29, 1.82) is 0 Å². The van der Waals surface area contributed by atoms with Gasteiger partial charge < -0.3 is 10.1 Å². The van der Waals surface area contributed by atoms with Crippen LogP contribution in [0.4, 0.5) is 0 Å². The number of esters is 1. The van der Waals surface area contributed by atoms with E-state index < -0.39 is 0 Å². The highest BCUT2D eigenvalue weighted by atomic mass is 32.1. The van der Waals surface area contributed by atoms with Crippen LogP contribution in [0.15, 0.2) is 17.5 Å². The molecule has 0 aliphatic heterocycles. The number of ether oxygens (including phenoxy) is 1. The molecule has 1 heterocycles. The lowest BCUT2D eigenvalue weighted by atomic mass is 9.78. The number of carbonyl (C=O) groups excluding carboxylic acids is 2. The summed E-state index contributed by atoms with van der Waals surface area (Å²) in [5.74, 6) is 0.563. The summed E-state index contributed by atoms with van der Waals surface area (Å²) >= 11 is 1.51. The Kier molecular flexibility index (Phi) is 5.79. The lowest BCUT2D eigenvalue weighted by Crippen LogP contribution is -2.45. The van der Waals surface area contributed by atoms with E-state index in [9.17, 15) is 9.59 Å². The topological polar surface area (TPSA) is 55.4 Å². The zero-order chi connectivity index (χ0) is 15.2. The minimum atomic E-state index is -0.349. The van der Waals surface area contributed by atoms with Crippen molar-refractivity contribution in [3.63, 3.8) is 0 Å². The molecule has 0 radical (unpaired) electrons. The third-order valence-corrected chi connectivity index (χ3v) is 5.19. The fourth-order valence-corrected chi connectivity index (χ4v) is 3.48. The van der Waals surface area contributed by atoms with Crippen LogP contribution in [0.5, 0.6) is 0 Å². The van der Waals surface area contributed by atoms with E-state index in [2.05, 4.69) is 19.2 Å². The van der Waals surface area contributed by atoms with Gasteiger partial charge in [0.2, 0.25) is 0 Å². The van der Waals surface area contributed by atoms with Crippen molar-refractivity contribution in [1.82, 2.24) is 5.32 Å². The van der Waals surface area contributed by atoms with Crippen LogP contribution in [-0.2, 0) is 20.7 Å². The molecule has 5 heteroatoms. The molecular weight excluding hydrogens is 286 g/mol. The molecule has 2 rings (SSSR count). The summed E-state index contributed by atoms with van der Waals surface area (Å²) in [6, 6.07) is 3.99. The molecule has 0 aromatic carbocycles. The van der Waals surface area contributed by atoms with E-state index in [0.29, 0.717) is 11.8 Å². The Hall–Kier alpha value is -1.36. The molecule has 1 amide bonds. The van der Waals surface area contributed by atoms with Gasteiger partial charge in [-0.1, -0.05) is 32.8 Å². The monoisotopic (exact) mass is 309 g/mol. The molecule has 4 nitrogen and oxygen atoms in total. The van der Waals surface area contributed by atoms with Crippen LogP contribution in [0.25, 0.3) is 0 Å². The smallest absolute Gasteiger partial charge is 0.311 e. The summed E-state index contributed by atoms with van der Waals surface area (Å²) in [4.78, 5) is 24.5. The van der Waals surface area contributed by atoms with Crippen molar-refractivity contribution in [3.8, 4) is 0 Å². The maximum absolute atomic E-state index is 11.9. The van der Waals surface area contributed by atoms with Crippen LogP contribution in [0, 0.1) is 11.8 Å². The zero-order valence-corrected chi connectivity index (χ0v) is 13.4. The minimum Gasteiger partial charge on any atom is -0.455 e. The Morgan fingerprint density at radius 3 is 2.90 bits per heavy atom. The van der Waals surface area contributed by atoms with Gasteiger partial charge in [-0.3, -0.25) is 9.59 Å². The number of amides is 1. The summed E-state index contributed by atoms with van der Waals surface area (Å²) in [6.45, 7) is 4.23. The quantitative estimate of drug-likeness (QED) is 0.851. The third-order valence-electron chi connectivity index (χ3n) is 4.32. The predicted molar refractivity (Wildman–Crippen MR) is 83.1 cm³/mol. The average Bonchev–Trinajstić information content (AvgIpc) is 2.94. The molecule has 21 heavy (non-hydrogen) atoms. The number of nitrogens with one attached hydrogen (secondary N) is 1. The van der Waals surface area contributed by atoms with Crippen molar-refractivity contribution in [2.75, 3.05) is 6.61 Å². The molecule has 3 atom stereocenters. The van der Waals surface area contributed by atoms with Gasteiger partial charge in [-0.25, -0.2) is 0 Å². The van der Waals surface area contributed by atoms with Crippen LogP contribution in [0.3, 0.4) is 0 Å². The van der Waals surface area contributed by atoms with E-state index in [4.69, 9.17) is 4.74 Å². The van der Waals surface area contributed by atoms with Crippen LogP contribution in [0.2, 0.25) is 0 Å². The van der Waals surface area contributed by atoms with Crippen molar-refractivity contribution in [2.45, 2.75) is 45.6 Å². The average molecular weight is 309 g/mol. The second kappa shape index (κ2) is 7.59. The summed E-state index contributed by atoms with van der Waals surface area (Å²) in [5, 5.41) is 4.92. The minimum absolute atomic E-state index is 0.179. The fourth-order valence-electron chi connectivity index (χ4n) is 2.79. The molecule has 0 saturated heterocycles. The first kappa shape index (κ1) is 16.0. The van der Waals surface area contributed by atoms with Crippen LogP contribution in [0.1, 0.15) is 38.0 Å². The first-order valence-corrected chi connectivity index (χ1v) is 8.41. The third kappa shape index (κ3) is 4.84. The number of carbonyl (C=O) groups is 2. The van der Waals surface area contributed by atoms with Crippen LogP contribution < -0.4 is 5.32 Å². The Balaban J connectivity index is 1.70. The highest BCUT2D eigenvalue weighted by Gasteiger charge is 2.28. The van der Waals surface area contributed by atoms with E-state index in [1.54, 1.807) is 0 Å². The number of hydrogen-bond donors (Lipinski definition) is 1. The molecule has 0 bridgehead atoms. The first-order chi connectivity index (χ1) is 10.1. The van der Waals surface area contributed by atoms with Crippen LogP contribution >= 0.6 is 11.3 Å². The fraction of sp³-hybridized carbons (Fsp3) is 0.625. The maximum Gasteiger partial charge on any atom is 0.311 e. The van der Waals surface area contributed by atoms with E-state index in [0.717, 1.165) is 17.7 Å². The predicted octanol–water partition coefficient (Wildman–Crippen LogP) is 2.77. The molecule has 1 N–H and O–H groups in total. The number of thiophene rings is 1. The van der Waals surface area contributed by atoms with E-state index in [1.165, 1.54) is 17.8 Å². The Labute approximate surface area is 129 Å². The molecule has 1 fully saturated rings. The summed E-state index contributed by atoms with van der Waals surface area (Å²) in [7, 11) is 0.